The van der Waals surface area contributed by atoms with Crippen molar-refractivity contribution < 1.29 is 9.90 Å². The Hall–Kier alpha value is -1.55. The molecule has 4 nitrogen and oxygen atoms in total. The summed E-state index contributed by atoms with van der Waals surface area (Å²) in [6, 6.07) is 5.57. The number of anilines is 1. The maximum Gasteiger partial charge on any atom is 0.224 e. The molecular formula is C17H28N2O2. The van der Waals surface area contributed by atoms with E-state index in [1.54, 1.807) is 12.1 Å². The number of carbonyl (C=O) groups excluding carboxylic acids is 1. The summed E-state index contributed by atoms with van der Waals surface area (Å²) in [5, 5.41) is 16.4. The topological polar surface area (TPSA) is 61.4 Å². The highest BCUT2D eigenvalue weighted by atomic mass is 16.3. The van der Waals surface area contributed by atoms with E-state index < -0.39 is 0 Å². The Bertz CT molecular complexity index is 472. The van der Waals surface area contributed by atoms with Crippen LogP contribution in [-0.2, 0) is 4.79 Å². The van der Waals surface area contributed by atoms with Gasteiger partial charge in [0.05, 0.1) is 0 Å². The molecule has 1 aromatic rings. The molecule has 0 spiro atoms. The van der Waals surface area contributed by atoms with Crippen molar-refractivity contribution in [3.63, 3.8) is 0 Å². The number of amides is 1. The van der Waals surface area contributed by atoms with Crippen LogP contribution in [0.25, 0.3) is 0 Å². The van der Waals surface area contributed by atoms with Crippen molar-refractivity contribution in [1.82, 2.24) is 5.32 Å². The Morgan fingerprint density at radius 3 is 2.48 bits per heavy atom. The SMILES string of the molecule is CCCC(=O)Nc1ccc(O)c(C(C)NC(C)C(C)C)c1. The number of phenols is 1. The Morgan fingerprint density at radius 2 is 1.90 bits per heavy atom. The summed E-state index contributed by atoms with van der Waals surface area (Å²) in [5.74, 6) is 0.770. The van der Waals surface area contributed by atoms with E-state index in [1.165, 1.54) is 0 Å². The number of phenolic OH excluding ortho intramolecular Hbond substituents is 1. The van der Waals surface area contributed by atoms with Crippen LogP contribution in [-0.4, -0.2) is 17.1 Å². The smallest absolute Gasteiger partial charge is 0.224 e. The summed E-state index contributed by atoms with van der Waals surface area (Å²) in [5.41, 5.74) is 1.53. The Labute approximate surface area is 128 Å². The van der Waals surface area contributed by atoms with Gasteiger partial charge in [0.15, 0.2) is 0 Å². The van der Waals surface area contributed by atoms with Crippen LogP contribution in [0.2, 0.25) is 0 Å². The van der Waals surface area contributed by atoms with Gasteiger partial charge in [0.25, 0.3) is 0 Å². The fourth-order valence-electron chi connectivity index (χ4n) is 2.11. The molecule has 2 atom stereocenters. The molecule has 0 heterocycles. The van der Waals surface area contributed by atoms with Crippen LogP contribution in [0.5, 0.6) is 5.75 Å². The molecule has 21 heavy (non-hydrogen) atoms. The van der Waals surface area contributed by atoms with Crippen LogP contribution < -0.4 is 10.6 Å². The van der Waals surface area contributed by atoms with E-state index in [1.807, 2.05) is 19.9 Å². The van der Waals surface area contributed by atoms with Crippen molar-refractivity contribution in [3.05, 3.63) is 23.8 Å². The molecule has 0 aliphatic rings. The maximum absolute atomic E-state index is 11.7. The molecule has 0 fully saturated rings. The van der Waals surface area contributed by atoms with Gasteiger partial charge in [-0.25, -0.2) is 0 Å². The second-order valence-corrected chi connectivity index (χ2v) is 5.99. The molecule has 3 N–H and O–H groups in total. The first-order valence-electron chi connectivity index (χ1n) is 7.74. The fraction of sp³-hybridized carbons (Fsp3) is 0.588. The first-order valence-corrected chi connectivity index (χ1v) is 7.74. The molecule has 0 aromatic heterocycles. The first kappa shape index (κ1) is 17.5. The van der Waals surface area contributed by atoms with E-state index in [0.717, 1.165) is 17.7 Å². The minimum absolute atomic E-state index is 0.00491. The van der Waals surface area contributed by atoms with Crippen LogP contribution in [0.15, 0.2) is 18.2 Å². The number of rotatable bonds is 7. The normalized spacial score (nSPS) is 14.0. The molecule has 1 rings (SSSR count). The molecule has 0 saturated heterocycles. The van der Waals surface area contributed by atoms with Gasteiger partial charge in [-0.2, -0.15) is 0 Å². The lowest BCUT2D eigenvalue weighted by atomic mass is 10.0. The van der Waals surface area contributed by atoms with Gasteiger partial charge in [-0.05, 0) is 44.4 Å². The largest absolute Gasteiger partial charge is 0.508 e. The van der Waals surface area contributed by atoms with E-state index in [4.69, 9.17) is 0 Å². The molecule has 0 aliphatic heterocycles. The van der Waals surface area contributed by atoms with Crippen molar-refractivity contribution in [1.29, 1.82) is 0 Å². The molecule has 0 radical (unpaired) electrons. The lowest BCUT2D eigenvalue weighted by molar-refractivity contribution is -0.116. The first-order chi connectivity index (χ1) is 9.85. The second-order valence-electron chi connectivity index (χ2n) is 5.99. The summed E-state index contributed by atoms with van der Waals surface area (Å²) in [6.07, 6.45) is 1.33. The summed E-state index contributed by atoms with van der Waals surface area (Å²) in [7, 11) is 0. The predicted molar refractivity (Wildman–Crippen MR) is 87.5 cm³/mol. The summed E-state index contributed by atoms with van der Waals surface area (Å²) >= 11 is 0. The van der Waals surface area contributed by atoms with Crippen molar-refractivity contribution in [2.45, 2.75) is 59.5 Å². The van der Waals surface area contributed by atoms with Gasteiger partial charge in [-0.3, -0.25) is 4.79 Å². The van der Waals surface area contributed by atoms with Crippen molar-refractivity contribution in [3.8, 4) is 5.75 Å². The fourth-order valence-corrected chi connectivity index (χ4v) is 2.11. The molecule has 4 heteroatoms. The van der Waals surface area contributed by atoms with Gasteiger partial charge in [-0.1, -0.05) is 20.8 Å². The van der Waals surface area contributed by atoms with Gasteiger partial charge >= 0.3 is 0 Å². The molecule has 2 unspecified atom stereocenters. The van der Waals surface area contributed by atoms with E-state index in [9.17, 15) is 9.90 Å². The third kappa shape index (κ3) is 5.38. The number of aromatic hydroxyl groups is 1. The van der Waals surface area contributed by atoms with Crippen LogP contribution >= 0.6 is 0 Å². The zero-order valence-corrected chi connectivity index (χ0v) is 13.7. The highest BCUT2D eigenvalue weighted by molar-refractivity contribution is 5.90. The van der Waals surface area contributed by atoms with Crippen molar-refractivity contribution in [2.75, 3.05) is 5.32 Å². The van der Waals surface area contributed by atoms with Gasteiger partial charge in [0, 0.05) is 29.8 Å². The minimum Gasteiger partial charge on any atom is -0.508 e. The zero-order chi connectivity index (χ0) is 16.0. The lowest BCUT2D eigenvalue weighted by Gasteiger charge is -2.24. The molecule has 0 bridgehead atoms. The van der Waals surface area contributed by atoms with Crippen LogP contribution in [0.3, 0.4) is 0 Å². The minimum atomic E-state index is 0.00491. The van der Waals surface area contributed by atoms with E-state index in [2.05, 4.69) is 31.4 Å². The summed E-state index contributed by atoms with van der Waals surface area (Å²) < 4.78 is 0. The van der Waals surface area contributed by atoms with Crippen molar-refractivity contribution in [2.24, 2.45) is 5.92 Å². The Morgan fingerprint density at radius 1 is 1.24 bits per heavy atom. The molecule has 0 saturated carbocycles. The third-order valence-electron chi connectivity index (χ3n) is 3.77. The number of hydrogen-bond acceptors (Lipinski definition) is 3. The number of carbonyl (C=O) groups is 1. The predicted octanol–water partition coefficient (Wildman–Crippen LogP) is 3.83. The summed E-state index contributed by atoms with van der Waals surface area (Å²) in [6.45, 7) is 10.4. The molecular weight excluding hydrogens is 264 g/mol. The molecule has 1 aromatic carbocycles. The van der Waals surface area contributed by atoms with E-state index >= 15 is 0 Å². The van der Waals surface area contributed by atoms with Crippen LogP contribution in [0.1, 0.15) is 59.1 Å². The highest BCUT2D eigenvalue weighted by Gasteiger charge is 2.16. The molecule has 118 valence electrons. The molecule has 0 aliphatic carbocycles. The molecule has 1 amide bonds. The summed E-state index contributed by atoms with van der Waals surface area (Å²) in [4.78, 5) is 11.7. The Kier molecular flexibility index (Phi) is 6.69. The van der Waals surface area contributed by atoms with E-state index in [-0.39, 0.29) is 17.7 Å². The standard InChI is InChI=1S/C17H28N2O2/c1-6-7-17(21)19-14-8-9-16(20)15(10-14)13(5)18-12(4)11(2)3/h8-13,18,20H,6-7H2,1-5H3,(H,19,21). The monoisotopic (exact) mass is 292 g/mol. The number of nitrogens with one attached hydrogen (secondary N) is 2. The van der Waals surface area contributed by atoms with Gasteiger partial charge in [0.1, 0.15) is 5.75 Å². The third-order valence-corrected chi connectivity index (χ3v) is 3.77. The average molecular weight is 292 g/mol. The van der Waals surface area contributed by atoms with E-state index in [0.29, 0.717) is 18.4 Å². The van der Waals surface area contributed by atoms with Crippen LogP contribution in [0, 0.1) is 5.92 Å². The van der Waals surface area contributed by atoms with Crippen molar-refractivity contribution >= 4 is 11.6 Å². The van der Waals surface area contributed by atoms with Crippen LogP contribution in [0.4, 0.5) is 5.69 Å². The Balaban J connectivity index is 2.84. The van der Waals surface area contributed by atoms with Gasteiger partial charge < -0.3 is 15.7 Å². The van der Waals surface area contributed by atoms with Gasteiger partial charge in [-0.15, -0.1) is 0 Å². The lowest BCUT2D eigenvalue weighted by Crippen LogP contribution is -2.33. The number of hydrogen-bond donors (Lipinski definition) is 3. The average Bonchev–Trinajstić information content (AvgIpc) is 2.40. The maximum atomic E-state index is 11.7. The van der Waals surface area contributed by atoms with Gasteiger partial charge in [0.2, 0.25) is 5.91 Å². The zero-order valence-electron chi connectivity index (χ0n) is 13.7. The number of benzene rings is 1. The second kappa shape index (κ2) is 8.03. The highest BCUT2D eigenvalue weighted by Crippen LogP contribution is 2.28. The quantitative estimate of drug-likeness (QED) is 0.669.